The Morgan fingerprint density at radius 1 is 0.921 bits per heavy atom. The number of rotatable bonds is 16. The van der Waals surface area contributed by atoms with Crippen molar-refractivity contribution >= 4 is 40.5 Å². The lowest BCUT2D eigenvalue weighted by molar-refractivity contribution is -0.144. The topological polar surface area (TPSA) is 256 Å². The van der Waals surface area contributed by atoms with E-state index in [1.807, 2.05) is 24.3 Å². The molecule has 0 aliphatic heterocycles. The molecule has 0 aliphatic rings. The first-order chi connectivity index (χ1) is 18.1. The molecule has 1 aromatic heterocycles. The summed E-state index contributed by atoms with van der Waals surface area (Å²) in [6, 6.07) is 2.24. The van der Waals surface area contributed by atoms with Crippen molar-refractivity contribution < 1.29 is 34.2 Å². The maximum Gasteiger partial charge on any atom is 0.326 e. The molecule has 38 heavy (non-hydrogen) atoms. The molecule has 4 atom stereocenters. The van der Waals surface area contributed by atoms with Crippen LogP contribution in [0.25, 0.3) is 10.9 Å². The predicted octanol–water partition coefficient (Wildman–Crippen LogP) is -2.43. The number of H-pyrrole nitrogens is 1. The van der Waals surface area contributed by atoms with Gasteiger partial charge in [-0.15, -0.1) is 0 Å². The van der Waals surface area contributed by atoms with E-state index in [1.165, 1.54) is 0 Å². The van der Waals surface area contributed by atoms with Crippen molar-refractivity contribution in [1.29, 1.82) is 0 Å². The highest BCUT2D eigenvalue weighted by atomic mass is 16.4. The van der Waals surface area contributed by atoms with E-state index in [0.29, 0.717) is 19.4 Å². The maximum atomic E-state index is 13.0. The van der Waals surface area contributed by atoms with E-state index in [2.05, 4.69) is 20.9 Å². The van der Waals surface area contributed by atoms with Crippen molar-refractivity contribution in [3.05, 3.63) is 36.0 Å². The van der Waals surface area contributed by atoms with E-state index >= 15 is 0 Å². The van der Waals surface area contributed by atoms with Gasteiger partial charge in [-0.3, -0.25) is 19.2 Å². The Bertz CT molecular complexity index is 1140. The van der Waals surface area contributed by atoms with E-state index in [0.717, 1.165) is 16.5 Å². The number of primary amides is 1. The Hall–Kier alpha value is -4.01. The first-order valence-corrected chi connectivity index (χ1v) is 12.1. The van der Waals surface area contributed by atoms with E-state index in [-0.39, 0.29) is 12.8 Å². The highest BCUT2D eigenvalue weighted by Gasteiger charge is 2.30. The number of aromatic amines is 1. The number of benzene rings is 1. The van der Waals surface area contributed by atoms with Crippen molar-refractivity contribution in [1.82, 2.24) is 20.9 Å². The van der Waals surface area contributed by atoms with Crippen LogP contribution in [-0.4, -0.2) is 82.1 Å². The standard InChI is InChI=1S/C24H35N7O7/c25-8-4-3-7-17(22(35)31-19(12-32)23(36)30-18(24(37)38)10-20(27)33)29-21(34)15(26)9-13-11-28-16-6-2-1-5-14(13)16/h1-2,5-6,11,15,17-19,28,32H,3-4,7-10,12,25-26H2,(H2,27,33)(H,29,34)(H,30,36)(H,31,35)(H,37,38). The van der Waals surface area contributed by atoms with Crippen molar-refractivity contribution in [3.63, 3.8) is 0 Å². The van der Waals surface area contributed by atoms with Gasteiger partial charge in [0.2, 0.25) is 23.6 Å². The molecule has 12 N–H and O–H groups in total. The molecule has 0 spiro atoms. The van der Waals surface area contributed by atoms with Crippen LogP contribution < -0.4 is 33.2 Å². The van der Waals surface area contributed by atoms with Gasteiger partial charge in [0.15, 0.2) is 0 Å². The van der Waals surface area contributed by atoms with E-state index in [1.54, 1.807) is 6.20 Å². The number of aliphatic carboxylic acids is 1. The predicted molar refractivity (Wildman–Crippen MR) is 137 cm³/mol. The number of amides is 4. The molecule has 0 aliphatic carbocycles. The zero-order valence-electron chi connectivity index (χ0n) is 20.8. The Morgan fingerprint density at radius 3 is 2.18 bits per heavy atom. The number of carboxylic acid groups (broad SMARTS) is 1. The normalized spacial score (nSPS) is 14.2. The van der Waals surface area contributed by atoms with Gasteiger partial charge in [0, 0.05) is 17.1 Å². The van der Waals surface area contributed by atoms with E-state index in [9.17, 15) is 34.2 Å². The van der Waals surface area contributed by atoms with Gasteiger partial charge in [-0.05, 0) is 43.9 Å². The minimum Gasteiger partial charge on any atom is -0.480 e. The molecule has 4 unspecified atom stereocenters. The van der Waals surface area contributed by atoms with Crippen LogP contribution in [0.1, 0.15) is 31.2 Å². The molecule has 0 radical (unpaired) electrons. The number of unbranched alkanes of at least 4 members (excludes halogenated alkanes) is 1. The number of aliphatic hydroxyl groups excluding tert-OH is 1. The summed E-state index contributed by atoms with van der Waals surface area (Å²) in [7, 11) is 0. The number of carbonyl (C=O) groups excluding carboxylic acids is 4. The fourth-order valence-electron chi connectivity index (χ4n) is 3.81. The van der Waals surface area contributed by atoms with Crippen LogP contribution in [0.5, 0.6) is 0 Å². The molecule has 0 saturated carbocycles. The number of aliphatic hydroxyl groups is 1. The summed E-state index contributed by atoms with van der Waals surface area (Å²) in [5.74, 6) is -4.91. The van der Waals surface area contributed by atoms with E-state index < -0.39 is 66.8 Å². The zero-order valence-corrected chi connectivity index (χ0v) is 20.8. The third kappa shape index (κ3) is 8.83. The van der Waals surface area contributed by atoms with Gasteiger partial charge in [-0.1, -0.05) is 18.2 Å². The average Bonchev–Trinajstić information content (AvgIpc) is 3.28. The number of nitrogens with two attached hydrogens (primary N) is 3. The molecule has 0 bridgehead atoms. The summed E-state index contributed by atoms with van der Waals surface area (Å²) in [5, 5.41) is 26.7. The number of fused-ring (bicyclic) bond motifs is 1. The summed E-state index contributed by atoms with van der Waals surface area (Å²) in [5.41, 5.74) is 18.4. The lowest BCUT2D eigenvalue weighted by atomic mass is 10.0. The van der Waals surface area contributed by atoms with Gasteiger partial charge < -0.3 is 48.3 Å². The van der Waals surface area contributed by atoms with Gasteiger partial charge in [-0.2, -0.15) is 0 Å². The first-order valence-electron chi connectivity index (χ1n) is 12.1. The molecule has 2 rings (SSSR count). The van der Waals surface area contributed by atoms with Crippen LogP contribution in [0, 0.1) is 0 Å². The third-order valence-corrected chi connectivity index (χ3v) is 5.87. The SMILES string of the molecule is NCCCCC(NC(=O)C(N)Cc1c[nH]c2ccccc12)C(=O)NC(CO)C(=O)NC(CC(N)=O)C(=O)O. The Balaban J connectivity index is 2.07. The Kier molecular flexibility index (Phi) is 11.7. The molecule has 0 saturated heterocycles. The number of nitrogens with one attached hydrogen (secondary N) is 4. The number of hydrogen-bond acceptors (Lipinski definition) is 8. The van der Waals surface area contributed by atoms with Crippen LogP contribution in [0.4, 0.5) is 0 Å². The van der Waals surface area contributed by atoms with Crippen molar-refractivity contribution in [3.8, 4) is 0 Å². The van der Waals surface area contributed by atoms with Crippen LogP contribution in [0.2, 0.25) is 0 Å². The second kappa shape index (κ2) is 14.7. The monoisotopic (exact) mass is 533 g/mol. The summed E-state index contributed by atoms with van der Waals surface area (Å²) < 4.78 is 0. The quantitative estimate of drug-likeness (QED) is 0.104. The number of aromatic nitrogens is 1. The summed E-state index contributed by atoms with van der Waals surface area (Å²) in [6.07, 6.45) is 2.50. The molecule has 4 amide bonds. The highest BCUT2D eigenvalue weighted by Crippen LogP contribution is 2.18. The smallest absolute Gasteiger partial charge is 0.326 e. The number of hydrogen-bond donors (Lipinski definition) is 9. The molecular formula is C24H35N7O7. The van der Waals surface area contributed by atoms with Crippen LogP contribution in [0.15, 0.2) is 30.5 Å². The van der Waals surface area contributed by atoms with Gasteiger partial charge >= 0.3 is 5.97 Å². The van der Waals surface area contributed by atoms with Crippen molar-refractivity contribution in [2.24, 2.45) is 17.2 Å². The van der Waals surface area contributed by atoms with Crippen LogP contribution >= 0.6 is 0 Å². The fourth-order valence-corrected chi connectivity index (χ4v) is 3.81. The summed E-state index contributed by atoms with van der Waals surface area (Å²) in [4.78, 5) is 63.8. The molecule has 14 heteroatoms. The molecule has 0 fully saturated rings. The maximum absolute atomic E-state index is 13.0. The van der Waals surface area contributed by atoms with Crippen molar-refractivity contribution in [2.75, 3.05) is 13.2 Å². The molecule has 208 valence electrons. The number of carbonyl (C=O) groups is 5. The van der Waals surface area contributed by atoms with Crippen LogP contribution in [-0.2, 0) is 30.4 Å². The van der Waals surface area contributed by atoms with Crippen LogP contribution in [0.3, 0.4) is 0 Å². The molecule has 1 aromatic carbocycles. The molecular weight excluding hydrogens is 498 g/mol. The minimum absolute atomic E-state index is 0.174. The average molecular weight is 534 g/mol. The second-order valence-electron chi connectivity index (χ2n) is 8.83. The van der Waals surface area contributed by atoms with Gasteiger partial charge in [0.05, 0.1) is 19.1 Å². The highest BCUT2D eigenvalue weighted by molar-refractivity contribution is 5.95. The fraction of sp³-hybridized carbons (Fsp3) is 0.458. The Labute approximate surface area is 218 Å². The van der Waals surface area contributed by atoms with E-state index in [4.69, 9.17) is 17.2 Å². The largest absolute Gasteiger partial charge is 0.480 e. The molecule has 1 heterocycles. The number of carboxylic acids is 1. The van der Waals surface area contributed by atoms with Crippen molar-refractivity contribution in [2.45, 2.75) is 56.3 Å². The molecule has 14 nitrogen and oxygen atoms in total. The third-order valence-electron chi connectivity index (χ3n) is 5.87. The van der Waals surface area contributed by atoms with Gasteiger partial charge in [0.1, 0.15) is 18.1 Å². The second-order valence-corrected chi connectivity index (χ2v) is 8.83. The summed E-state index contributed by atoms with van der Waals surface area (Å²) >= 11 is 0. The minimum atomic E-state index is -1.64. The zero-order chi connectivity index (χ0) is 28.2. The summed E-state index contributed by atoms with van der Waals surface area (Å²) in [6.45, 7) is -0.509. The Morgan fingerprint density at radius 2 is 1.55 bits per heavy atom. The lowest BCUT2D eigenvalue weighted by Crippen LogP contribution is -2.58. The number of para-hydroxylation sites is 1. The molecule has 2 aromatic rings. The van der Waals surface area contributed by atoms with Gasteiger partial charge in [0.25, 0.3) is 0 Å². The van der Waals surface area contributed by atoms with Gasteiger partial charge in [-0.25, -0.2) is 4.79 Å². The lowest BCUT2D eigenvalue weighted by Gasteiger charge is -2.24. The first kappa shape index (κ1) is 30.2.